The van der Waals surface area contributed by atoms with Gasteiger partial charge in [-0.15, -0.1) is 0 Å². The summed E-state index contributed by atoms with van der Waals surface area (Å²) >= 11 is 0. The van der Waals surface area contributed by atoms with Gasteiger partial charge in [0.2, 0.25) is 0 Å². The third-order valence-corrected chi connectivity index (χ3v) is 4.45. The lowest BCUT2D eigenvalue weighted by Crippen LogP contribution is -2.31. The highest BCUT2D eigenvalue weighted by molar-refractivity contribution is 5.94. The van der Waals surface area contributed by atoms with Crippen LogP contribution in [0.25, 0.3) is 0 Å². The van der Waals surface area contributed by atoms with Crippen molar-refractivity contribution in [3.05, 3.63) is 53.8 Å². The molecule has 1 fully saturated rings. The zero-order chi connectivity index (χ0) is 17.8. The smallest absolute Gasteiger partial charge is 0.193 e. The third kappa shape index (κ3) is 3.84. The first-order valence-corrected chi connectivity index (χ1v) is 8.17. The average Bonchev–Trinajstić information content (AvgIpc) is 2.58. The number of rotatable bonds is 5. The van der Waals surface area contributed by atoms with E-state index in [1.165, 1.54) is 6.07 Å². The van der Waals surface area contributed by atoms with Crippen molar-refractivity contribution in [1.29, 1.82) is 0 Å². The summed E-state index contributed by atoms with van der Waals surface area (Å²) in [5, 5.41) is 3.05. The highest BCUT2D eigenvalue weighted by Gasteiger charge is 2.31. The van der Waals surface area contributed by atoms with E-state index in [0.717, 1.165) is 18.4 Å². The van der Waals surface area contributed by atoms with E-state index < -0.39 is 0 Å². The SMILES string of the molecule is COc1ccc(OC)c(NC(N)=NC2CC(c3ccccc3F)C2)c1. The summed E-state index contributed by atoms with van der Waals surface area (Å²) in [6.45, 7) is 0. The molecule has 3 rings (SSSR count). The molecule has 0 unspecified atom stereocenters. The molecule has 132 valence electrons. The molecule has 0 spiro atoms. The lowest BCUT2D eigenvalue weighted by molar-refractivity contribution is 0.344. The van der Waals surface area contributed by atoms with E-state index in [1.54, 1.807) is 32.4 Å². The Morgan fingerprint density at radius 1 is 1.16 bits per heavy atom. The molecule has 0 bridgehead atoms. The van der Waals surface area contributed by atoms with E-state index in [9.17, 15) is 4.39 Å². The molecule has 5 nitrogen and oxygen atoms in total. The fourth-order valence-electron chi connectivity index (χ4n) is 3.03. The Bertz CT molecular complexity index is 773. The van der Waals surface area contributed by atoms with Crippen LogP contribution in [0, 0.1) is 5.82 Å². The number of guanidine groups is 1. The number of anilines is 1. The minimum atomic E-state index is -0.151. The van der Waals surface area contributed by atoms with Crippen LogP contribution in [0.3, 0.4) is 0 Å². The summed E-state index contributed by atoms with van der Waals surface area (Å²) in [6, 6.07) is 12.4. The van der Waals surface area contributed by atoms with Gasteiger partial charge in [-0.1, -0.05) is 18.2 Å². The van der Waals surface area contributed by atoms with Crippen molar-refractivity contribution in [2.75, 3.05) is 19.5 Å². The van der Waals surface area contributed by atoms with E-state index in [4.69, 9.17) is 15.2 Å². The largest absolute Gasteiger partial charge is 0.497 e. The maximum atomic E-state index is 13.8. The lowest BCUT2D eigenvalue weighted by Gasteiger charge is -2.33. The number of hydrogen-bond donors (Lipinski definition) is 2. The highest BCUT2D eigenvalue weighted by Crippen LogP contribution is 2.39. The van der Waals surface area contributed by atoms with E-state index >= 15 is 0 Å². The molecule has 2 aromatic rings. The average molecular weight is 343 g/mol. The van der Waals surface area contributed by atoms with Crippen LogP contribution in [0.15, 0.2) is 47.5 Å². The summed E-state index contributed by atoms with van der Waals surface area (Å²) in [6.07, 6.45) is 1.58. The van der Waals surface area contributed by atoms with E-state index in [0.29, 0.717) is 23.1 Å². The molecule has 1 aliphatic rings. The minimum Gasteiger partial charge on any atom is -0.497 e. The Morgan fingerprint density at radius 3 is 2.60 bits per heavy atom. The van der Waals surface area contributed by atoms with Crippen molar-refractivity contribution in [2.45, 2.75) is 24.8 Å². The van der Waals surface area contributed by atoms with E-state index in [2.05, 4.69) is 10.3 Å². The number of benzene rings is 2. The molecule has 6 heteroatoms. The normalized spacial score (nSPS) is 19.9. The number of hydrogen-bond acceptors (Lipinski definition) is 3. The Balaban J connectivity index is 1.63. The molecule has 0 aliphatic heterocycles. The van der Waals surface area contributed by atoms with Crippen LogP contribution in [-0.4, -0.2) is 26.2 Å². The summed E-state index contributed by atoms with van der Waals surface area (Å²) in [5.41, 5.74) is 7.46. The maximum absolute atomic E-state index is 13.8. The molecule has 0 aromatic heterocycles. The van der Waals surface area contributed by atoms with Gasteiger partial charge in [0.25, 0.3) is 0 Å². The van der Waals surface area contributed by atoms with Gasteiger partial charge < -0.3 is 20.5 Å². The molecule has 3 N–H and O–H groups in total. The number of methoxy groups -OCH3 is 2. The quantitative estimate of drug-likeness (QED) is 0.644. The first kappa shape index (κ1) is 17.1. The van der Waals surface area contributed by atoms with Gasteiger partial charge >= 0.3 is 0 Å². The summed E-state index contributed by atoms with van der Waals surface area (Å²) in [7, 11) is 3.19. The van der Waals surface area contributed by atoms with Crippen LogP contribution in [0.1, 0.15) is 24.3 Å². The van der Waals surface area contributed by atoms with Crippen molar-refractivity contribution in [3.8, 4) is 11.5 Å². The second-order valence-corrected chi connectivity index (χ2v) is 6.05. The molecule has 0 heterocycles. The van der Waals surface area contributed by atoms with Crippen LogP contribution in [0.2, 0.25) is 0 Å². The molecule has 1 aliphatic carbocycles. The molecule has 0 saturated heterocycles. The van der Waals surface area contributed by atoms with Crippen LogP contribution in [0.5, 0.6) is 11.5 Å². The number of nitrogens with two attached hydrogens (primary N) is 1. The standard InChI is InChI=1S/C19H22FN3O2/c1-24-14-7-8-18(25-2)17(11-14)23-19(21)22-13-9-12(10-13)15-5-3-4-6-16(15)20/h3-8,11-13H,9-10H2,1-2H3,(H3,21,22,23). The van der Waals surface area contributed by atoms with Gasteiger partial charge in [0.05, 0.1) is 25.9 Å². The molecule has 1 saturated carbocycles. The number of halogens is 1. The van der Waals surface area contributed by atoms with E-state index in [-0.39, 0.29) is 17.8 Å². The zero-order valence-electron chi connectivity index (χ0n) is 14.3. The molecular formula is C19H22FN3O2. The van der Waals surface area contributed by atoms with Crippen molar-refractivity contribution in [3.63, 3.8) is 0 Å². The fraction of sp³-hybridized carbons (Fsp3) is 0.316. The number of nitrogens with one attached hydrogen (secondary N) is 1. The number of nitrogens with zero attached hydrogens (tertiary/aromatic N) is 1. The molecule has 0 amide bonds. The minimum absolute atomic E-state index is 0.0914. The topological polar surface area (TPSA) is 68.9 Å². The lowest BCUT2D eigenvalue weighted by atomic mass is 9.76. The molecule has 25 heavy (non-hydrogen) atoms. The van der Waals surface area contributed by atoms with Crippen LogP contribution >= 0.6 is 0 Å². The van der Waals surface area contributed by atoms with Crippen LogP contribution in [0.4, 0.5) is 10.1 Å². The van der Waals surface area contributed by atoms with Gasteiger partial charge in [-0.25, -0.2) is 9.38 Å². The molecule has 2 aromatic carbocycles. The Labute approximate surface area is 146 Å². The number of ether oxygens (including phenoxy) is 2. The third-order valence-electron chi connectivity index (χ3n) is 4.45. The van der Waals surface area contributed by atoms with Gasteiger partial charge in [0.1, 0.15) is 17.3 Å². The second-order valence-electron chi connectivity index (χ2n) is 6.05. The van der Waals surface area contributed by atoms with Crippen molar-refractivity contribution in [1.82, 2.24) is 0 Å². The Hall–Kier alpha value is -2.76. The second kappa shape index (κ2) is 7.42. The van der Waals surface area contributed by atoms with Crippen LogP contribution < -0.4 is 20.5 Å². The first-order chi connectivity index (χ1) is 12.1. The fourth-order valence-corrected chi connectivity index (χ4v) is 3.03. The number of aliphatic imine (C=N–C) groups is 1. The predicted molar refractivity (Wildman–Crippen MR) is 97.0 cm³/mol. The summed E-state index contributed by atoms with van der Waals surface area (Å²) in [4.78, 5) is 4.48. The predicted octanol–water partition coefficient (Wildman–Crippen LogP) is 3.52. The van der Waals surface area contributed by atoms with Gasteiger partial charge in [0.15, 0.2) is 5.96 Å². The van der Waals surface area contributed by atoms with Gasteiger partial charge in [-0.3, -0.25) is 0 Å². The molecule has 0 atom stereocenters. The van der Waals surface area contributed by atoms with Gasteiger partial charge in [0, 0.05) is 6.07 Å². The van der Waals surface area contributed by atoms with Crippen LogP contribution in [-0.2, 0) is 0 Å². The van der Waals surface area contributed by atoms with Gasteiger partial charge in [-0.2, -0.15) is 0 Å². The Kier molecular flexibility index (Phi) is 5.07. The monoisotopic (exact) mass is 343 g/mol. The highest BCUT2D eigenvalue weighted by atomic mass is 19.1. The summed E-state index contributed by atoms with van der Waals surface area (Å²) in [5.74, 6) is 1.70. The summed E-state index contributed by atoms with van der Waals surface area (Å²) < 4.78 is 24.3. The Morgan fingerprint density at radius 2 is 1.92 bits per heavy atom. The van der Waals surface area contributed by atoms with Crippen molar-refractivity contribution in [2.24, 2.45) is 10.7 Å². The maximum Gasteiger partial charge on any atom is 0.193 e. The molecular weight excluding hydrogens is 321 g/mol. The van der Waals surface area contributed by atoms with Gasteiger partial charge in [-0.05, 0) is 42.5 Å². The molecule has 0 radical (unpaired) electrons. The first-order valence-electron chi connectivity index (χ1n) is 8.17. The van der Waals surface area contributed by atoms with Crippen molar-refractivity contribution >= 4 is 11.6 Å². The zero-order valence-corrected chi connectivity index (χ0v) is 14.3. The van der Waals surface area contributed by atoms with Crippen molar-refractivity contribution < 1.29 is 13.9 Å². The van der Waals surface area contributed by atoms with E-state index in [1.807, 2.05) is 18.2 Å².